The predicted octanol–water partition coefficient (Wildman–Crippen LogP) is 3.61. The summed E-state index contributed by atoms with van der Waals surface area (Å²) in [4.78, 5) is 0. The minimum atomic E-state index is 0.377. The molecule has 5 atom stereocenters. The summed E-state index contributed by atoms with van der Waals surface area (Å²) in [6, 6.07) is 8.90. The van der Waals surface area contributed by atoms with Gasteiger partial charge in [0.25, 0.3) is 0 Å². The third-order valence-electron chi connectivity index (χ3n) is 5.70. The van der Waals surface area contributed by atoms with Gasteiger partial charge in [-0.3, -0.25) is 0 Å². The first-order valence-corrected chi connectivity index (χ1v) is 8.04. The third-order valence-corrected chi connectivity index (χ3v) is 6.48. The molecule has 0 heterocycles. The molecule has 1 aromatic rings. The van der Waals surface area contributed by atoms with Gasteiger partial charge in [0.05, 0.1) is 0 Å². The Hall–Kier alpha value is -0.340. The van der Waals surface area contributed by atoms with Crippen LogP contribution in [0.4, 0.5) is 0 Å². The van der Waals surface area contributed by atoms with Crippen LogP contribution in [0.25, 0.3) is 0 Å². The van der Waals surface area contributed by atoms with Crippen LogP contribution < -0.4 is 5.73 Å². The Balaban J connectivity index is 1.47. The Bertz CT molecular complexity index is 456. The lowest BCUT2D eigenvalue weighted by Gasteiger charge is -2.17. The van der Waals surface area contributed by atoms with E-state index >= 15 is 0 Å². The molecule has 3 aliphatic carbocycles. The van der Waals surface area contributed by atoms with Crippen LogP contribution in [-0.4, -0.2) is 6.04 Å². The molecule has 3 fully saturated rings. The zero-order valence-electron chi connectivity index (χ0n) is 10.6. The summed E-state index contributed by atoms with van der Waals surface area (Å²) >= 11 is 3.64. The van der Waals surface area contributed by atoms with Crippen molar-refractivity contribution in [2.45, 2.75) is 31.7 Å². The van der Waals surface area contributed by atoms with E-state index in [4.69, 9.17) is 5.73 Å². The van der Waals surface area contributed by atoms with E-state index in [2.05, 4.69) is 40.2 Å². The number of benzene rings is 1. The first-order chi connectivity index (χ1) is 8.75. The Morgan fingerprint density at radius 1 is 1.17 bits per heavy atom. The summed E-state index contributed by atoms with van der Waals surface area (Å²) < 4.78 is 1.22. The van der Waals surface area contributed by atoms with Gasteiger partial charge in [0.2, 0.25) is 0 Å². The minimum Gasteiger partial charge on any atom is -0.327 e. The van der Waals surface area contributed by atoms with E-state index in [1.54, 1.807) is 0 Å². The van der Waals surface area contributed by atoms with Gasteiger partial charge in [-0.1, -0.05) is 34.1 Å². The molecule has 5 unspecified atom stereocenters. The fourth-order valence-electron chi connectivity index (χ4n) is 5.02. The van der Waals surface area contributed by atoms with Crippen LogP contribution in [0.5, 0.6) is 0 Å². The topological polar surface area (TPSA) is 26.0 Å². The smallest absolute Gasteiger partial charge is 0.0207 e. The Morgan fingerprint density at radius 3 is 2.50 bits per heavy atom. The molecular weight excluding hydrogens is 286 g/mol. The molecular formula is C16H20BrN. The van der Waals surface area contributed by atoms with E-state index in [0.717, 1.165) is 36.0 Å². The van der Waals surface area contributed by atoms with Crippen LogP contribution in [0.3, 0.4) is 0 Å². The molecule has 2 N–H and O–H groups in total. The largest absolute Gasteiger partial charge is 0.327 e. The van der Waals surface area contributed by atoms with E-state index in [9.17, 15) is 0 Å². The molecule has 0 aromatic heterocycles. The van der Waals surface area contributed by atoms with Crippen molar-refractivity contribution in [3.63, 3.8) is 0 Å². The zero-order valence-corrected chi connectivity index (χ0v) is 12.1. The van der Waals surface area contributed by atoms with Gasteiger partial charge in [-0.25, -0.2) is 0 Å². The lowest BCUT2D eigenvalue weighted by atomic mass is 9.94. The van der Waals surface area contributed by atoms with E-state index in [0.29, 0.717) is 6.04 Å². The summed E-state index contributed by atoms with van der Waals surface area (Å²) in [5.41, 5.74) is 7.88. The summed E-state index contributed by atoms with van der Waals surface area (Å²) in [6.45, 7) is 0. The summed E-state index contributed by atoms with van der Waals surface area (Å²) in [7, 11) is 0. The molecule has 1 nitrogen and oxygen atoms in total. The molecule has 3 aliphatic rings. The van der Waals surface area contributed by atoms with Crippen LogP contribution in [-0.2, 0) is 6.42 Å². The van der Waals surface area contributed by atoms with Crippen molar-refractivity contribution < 1.29 is 0 Å². The molecule has 4 rings (SSSR count). The summed E-state index contributed by atoms with van der Waals surface area (Å²) in [5.74, 6) is 4.91. The zero-order chi connectivity index (χ0) is 12.3. The average molecular weight is 306 g/mol. The number of hydrogen-bond acceptors (Lipinski definition) is 1. The first kappa shape index (κ1) is 11.5. The maximum absolute atomic E-state index is 6.50. The van der Waals surface area contributed by atoms with Crippen molar-refractivity contribution in [3.8, 4) is 0 Å². The lowest BCUT2D eigenvalue weighted by Crippen LogP contribution is -2.28. The van der Waals surface area contributed by atoms with Crippen LogP contribution >= 0.6 is 15.9 Å². The molecule has 0 amide bonds. The number of hydrogen-bond donors (Lipinski definition) is 1. The molecule has 1 aromatic carbocycles. The molecule has 0 radical (unpaired) electrons. The van der Waals surface area contributed by atoms with Crippen LogP contribution in [0.15, 0.2) is 28.7 Å². The summed E-state index contributed by atoms with van der Waals surface area (Å²) in [5, 5.41) is 0. The maximum Gasteiger partial charge on any atom is 0.0207 e. The second-order valence-electron chi connectivity index (χ2n) is 6.52. The van der Waals surface area contributed by atoms with Gasteiger partial charge in [0.1, 0.15) is 0 Å². The summed E-state index contributed by atoms with van der Waals surface area (Å²) in [6.07, 6.45) is 5.54. The van der Waals surface area contributed by atoms with Gasteiger partial charge in [-0.2, -0.15) is 0 Å². The van der Waals surface area contributed by atoms with E-state index < -0.39 is 0 Å². The van der Waals surface area contributed by atoms with Crippen LogP contribution in [0.2, 0.25) is 0 Å². The Labute approximate surface area is 117 Å². The maximum atomic E-state index is 6.50. The van der Waals surface area contributed by atoms with Gasteiger partial charge in [0, 0.05) is 10.5 Å². The second-order valence-corrected chi connectivity index (χ2v) is 7.38. The first-order valence-electron chi connectivity index (χ1n) is 7.24. The lowest BCUT2D eigenvalue weighted by molar-refractivity contribution is 0.409. The number of fused-ring (bicyclic) bond motifs is 5. The van der Waals surface area contributed by atoms with E-state index in [-0.39, 0.29) is 0 Å². The van der Waals surface area contributed by atoms with E-state index in [1.807, 2.05) is 0 Å². The molecule has 0 spiro atoms. The van der Waals surface area contributed by atoms with Gasteiger partial charge in [0.15, 0.2) is 0 Å². The SMILES string of the molecule is NC(Cc1ccccc1Br)C1C2C3CCC(C3)C12. The Morgan fingerprint density at radius 2 is 1.83 bits per heavy atom. The highest BCUT2D eigenvalue weighted by molar-refractivity contribution is 9.10. The van der Waals surface area contributed by atoms with Crippen molar-refractivity contribution in [3.05, 3.63) is 34.3 Å². The molecule has 2 bridgehead atoms. The monoisotopic (exact) mass is 305 g/mol. The molecule has 0 aliphatic heterocycles. The third kappa shape index (κ3) is 1.61. The van der Waals surface area contributed by atoms with Crippen molar-refractivity contribution in [2.24, 2.45) is 35.3 Å². The van der Waals surface area contributed by atoms with Gasteiger partial charge >= 0.3 is 0 Å². The Kier molecular flexibility index (Phi) is 2.60. The fraction of sp³-hybridized carbons (Fsp3) is 0.625. The normalized spacial score (nSPS) is 41.8. The fourth-order valence-corrected chi connectivity index (χ4v) is 5.47. The standard InChI is InChI=1S/C16H20BrN/c17-12-4-2-1-3-9(12)8-13(18)16-14-10-5-6-11(7-10)15(14)16/h1-4,10-11,13-16H,5-8,18H2. The van der Waals surface area contributed by atoms with Crippen molar-refractivity contribution in [2.75, 3.05) is 0 Å². The van der Waals surface area contributed by atoms with Crippen molar-refractivity contribution >= 4 is 15.9 Å². The van der Waals surface area contributed by atoms with Crippen LogP contribution in [0, 0.1) is 29.6 Å². The average Bonchev–Trinajstić information content (AvgIpc) is 2.82. The molecule has 0 saturated heterocycles. The number of halogens is 1. The number of nitrogens with two attached hydrogens (primary N) is 1. The molecule has 96 valence electrons. The van der Waals surface area contributed by atoms with Crippen LogP contribution in [0.1, 0.15) is 24.8 Å². The second kappa shape index (κ2) is 4.08. The number of rotatable bonds is 3. The van der Waals surface area contributed by atoms with Crippen molar-refractivity contribution in [1.29, 1.82) is 0 Å². The molecule has 3 saturated carbocycles. The molecule has 2 heteroatoms. The van der Waals surface area contributed by atoms with Crippen molar-refractivity contribution in [1.82, 2.24) is 0 Å². The molecule has 18 heavy (non-hydrogen) atoms. The quantitative estimate of drug-likeness (QED) is 0.907. The van der Waals surface area contributed by atoms with Gasteiger partial charge < -0.3 is 5.73 Å². The highest BCUT2D eigenvalue weighted by Crippen LogP contribution is 2.70. The van der Waals surface area contributed by atoms with E-state index in [1.165, 1.54) is 29.3 Å². The highest BCUT2D eigenvalue weighted by atomic mass is 79.9. The highest BCUT2D eigenvalue weighted by Gasteiger charge is 2.65. The minimum absolute atomic E-state index is 0.377. The predicted molar refractivity (Wildman–Crippen MR) is 77.1 cm³/mol. The van der Waals surface area contributed by atoms with Gasteiger partial charge in [-0.05, 0) is 66.9 Å². The van der Waals surface area contributed by atoms with Gasteiger partial charge in [-0.15, -0.1) is 0 Å².